The highest BCUT2D eigenvalue weighted by molar-refractivity contribution is 14.0. The summed E-state index contributed by atoms with van der Waals surface area (Å²) >= 11 is 0. The molecule has 0 aliphatic rings. The van der Waals surface area contributed by atoms with E-state index in [9.17, 15) is 13.2 Å². The number of nitrogens with zero attached hydrogens (tertiary/aromatic N) is 1. The Morgan fingerprint density at radius 3 is 2.68 bits per heavy atom. The molecule has 0 saturated carbocycles. The zero-order chi connectivity index (χ0) is 19.7. The molecule has 0 aliphatic carbocycles. The third-order valence-electron chi connectivity index (χ3n) is 3.72. The van der Waals surface area contributed by atoms with Gasteiger partial charge in [-0.05, 0) is 36.8 Å². The van der Waals surface area contributed by atoms with Gasteiger partial charge in [0.15, 0.2) is 5.96 Å². The van der Waals surface area contributed by atoms with Crippen LogP contribution in [0.2, 0.25) is 0 Å². The molecule has 1 heterocycles. The molecule has 2 rings (SSSR count). The lowest BCUT2D eigenvalue weighted by atomic mass is 10.1. The first-order valence-corrected chi connectivity index (χ1v) is 8.61. The van der Waals surface area contributed by atoms with Crippen molar-refractivity contribution in [2.45, 2.75) is 32.1 Å². The Labute approximate surface area is 179 Å². The fraction of sp³-hybridized carbons (Fsp3) is 0.421. The van der Waals surface area contributed by atoms with Crippen molar-refractivity contribution in [2.75, 3.05) is 20.3 Å². The molecule has 0 spiro atoms. The molecule has 156 valence electrons. The highest BCUT2D eigenvalue weighted by Crippen LogP contribution is 2.29. The van der Waals surface area contributed by atoms with Crippen molar-refractivity contribution in [3.05, 3.63) is 59.5 Å². The molecule has 1 atom stereocenters. The fourth-order valence-corrected chi connectivity index (χ4v) is 2.45. The number of furan rings is 1. The molecule has 5 nitrogen and oxygen atoms in total. The number of rotatable bonds is 8. The van der Waals surface area contributed by atoms with Gasteiger partial charge in [0.1, 0.15) is 5.76 Å². The number of ether oxygens (including phenoxy) is 1. The third kappa shape index (κ3) is 8.51. The highest BCUT2D eigenvalue weighted by atomic mass is 127. The molecule has 2 aromatic rings. The Balaban J connectivity index is 0.00000392. The Morgan fingerprint density at radius 2 is 2.04 bits per heavy atom. The quantitative estimate of drug-likeness (QED) is 0.317. The maximum atomic E-state index is 12.8. The Kier molecular flexibility index (Phi) is 10.4. The molecule has 0 bridgehead atoms. The predicted molar refractivity (Wildman–Crippen MR) is 113 cm³/mol. The first-order valence-electron chi connectivity index (χ1n) is 8.61. The number of hydrogen-bond donors (Lipinski definition) is 2. The van der Waals surface area contributed by atoms with Gasteiger partial charge < -0.3 is 19.8 Å². The molecule has 28 heavy (non-hydrogen) atoms. The highest BCUT2D eigenvalue weighted by Gasteiger charge is 2.30. The minimum absolute atomic E-state index is 0. The van der Waals surface area contributed by atoms with E-state index in [0.717, 1.165) is 17.9 Å². The van der Waals surface area contributed by atoms with Crippen molar-refractivity contribution in [1.29, 1.82) is 0 Å². The molecular formula is C19H25F3IN3O2. The SMILES string of the molecule is COCC(C)NC(=NCc1cccc(C(F)(F)F)c1)NCCc1ccco1.I. The summed E-state index contributed by atoms with van der Waals surface area (Å²) in [6.07, 6.45) is -2.10. The van der Waals surface area contributed by atoms with Crippen LogP contribution in [-0.4, -0.2) is 32.3 Å². The van der Waals surface area contributed by atoms with Crippen LogP contribution >= 0.6 is 24.0 Å². The van der Waals surface area contributed by atoms with Crippen molar-refractivity contribution in [2.24, 2.45) is 4.99 Å². The minimum atomic E-state index is -4.37. The summed E-state index contributed by atoms with van der Waals surface area (Å²) in [6, 6.07) is 8.86. The number of benzene rings is 1. The van der Waals surface area contributed by atoms with E-state index in [0.29, 0.717) is 31.1 Å². The first-order chi connectivity index (χ1) is 12.9. The molecule has 0 saturated heterocycles. The van der Waals surface area contributed by atoms with Gasteiger partial charge >= 0.3 is 6.18 Å². The smallest absolute Gasteiger partial charge is 0.416 e. The van der Waals surface area contributed by atoms with Crippen LogP contribution in [0.25, 0.3) is 0 Å². The Hall–Kier alpha value is -1.75. The topological polar surface area (TPSA) is 58.8 Å². The van der Waals surface area contributed by atoms with Gasteiger partial charge in [-0.3, -0.25) is 0 Å². The molecule has 0 fully saturated rings. The Bertz CT molecular complexity index is 721. The second kappa shape index (κ2) is 11.9. The maximum Gasteiger partial charge on any atom is 0.416 e. The average molecular weight is 511 g/mol. The number of nitrogens with one attached hydrogen (secondary N) is 2. The number of hydrogen-bond acceptors (Lipinski definition) is 3. The number of aliphatic imine (C=N–C) groups is 1. The summed E-state index contributed by atoms with van der Waals surface area (Å²) in [5, 5.41) is 6.34. The van der Waals surface area contributed by atoms with E-state index in [1.807, 2.05) is 19.1 Å². The van der Waals surface area contributed by atoms with Gasteiger partial charge in [0.05, 0.1) is 25.0 Å². The van der Waals surface area contributed by atoms with Crippen molar-refractivity contribution >= 4 is 29.9 Å². The minimum Gasteiger partial charge on any atom is -0.469 e. The second-order valence-electron chi connectivity index (χ2n) is 6.12. The number of alkyl halides is 3. The summed E-state index contributed by atoms with van der Waals surface area (Å²) in [4.78, 5) is 4.40. The van der Waals surface area contributed by atoms with E-state index >= 15 is 0 Å². The van der Waals surface area contributed by atoms with Crippen LogP contribution < -0.4 is 10.6 Å². The van der Waals surface area contributed by atoms with Crippen LogP contribution in [0.1, 0.15) is 23.8 Å². The summed E-state index contributed by atoms with van der Waals surface area (Å²) in [7, 11) is 1.60. The van der Waals surface area contributed by atoms with Crippen LogP contribution in [0.15, 0.2) is 52.1 Å². The lowest BCUT2D eigenvalue weighted by molar-refractivity contribution is -0.137. The van der Waals surface area contributed by atoms with Gasteiger partial charge in [0.25, 0.3) is 0 Å². The molecular weight excluding hydrogens is 486 g/mol. The second-order valence-corrected chi connectivity index (χ2v) is 6.12. The summed E-state index contributed by atoms with van der Waals surface area (Å²) < 4.78 is 48.9. The number of guanidine groups is 1. The lowest BCUT2D eigenvalue weighted by Crippen LogP contribution is -2.44. The van der Waals surface area contributed by atoms with E-state index < -0.39 is 11.7 Å². The third-order valence-corrected chi connectivity index (χ3v) is 3.72. The van der Waals surface area contributed by atoms with Gasteiger partial charge in [0.2, 0.25) is 0 Å². The van der Waals surface area contributed by atoms with Gasteiger partial charge in [0, 0.05) is 26.1 Å². The number of halogens is 4. The summed E-state index contributed by atoms with van der Waals surface area (Å²) in [5.74, 6) is 1.34. The molecule has 0 radical (unpaired) electrons. The van der Waals surface area contributed by atoms with Crippen LogP contribution in [0.5, 0.6) is 0 Å². The van der Waals surface area contributed by atoms with Crippen molar-refractivity contribution in [1.82, 2.24) is 10.6 Å². The zero-order valence-corrected chi connectivity index (χ0v) is 18.1. The van der Waals surface area contributed by atoms with Crippen LogP contribution in [-0.2, 0) is 23.9 Å². The molecule has 1 aromatic heterocycles. The van der Waals surface area contributed by atoms with Gasteiger partial charge in [-0.25, -0.2) is 4.99 Å². The van der Waals surface area contributed by atoms with E-state index in [4.69, 9.17) is 9.15 Å². The van der Waals surface area contributed by atoms with Crippen molar-refractivity contribution < 1.29 is 22.3 Å². The molecule has 1 unspecified atom stereocenters. The average Bonchev–Trinajstić information content (AvgIpc) is 3.12. The molecule has 9 heteroatoms. The van der Waals surface area contributed by atoms with Crippen LogP contribution in [0.3, 0.4) is 0 Å². The lowest BCUT2D eigenvalue weighted by Gasteiger charge is -2.17. The predicted octanol–water partition coefficient (Wildman–Crippen LogP) is 4.23. The maximum absolute atomic E-state index is 12.8. The van der Waals surface area contributed by atoms with Crippen LogP contribution in [0, 0.1) is 0 Å². The largest absolute Gasteiger partial charge is 0.469 e. The van der Waals surface area contributed by atoms with E-state index in [1.54, 1.807) is 19.4 Å². The summed E-state index contributed by atoms with van der Waals surface area (Å²) in [5.41, 5.74) is -0.195. The van der Waals surface area contributed by atoms with E-state index in [2.05, 4.69) is 15.6 Å². The van der Waals surface area contributed by atoms with Gasteiger partial charge in [-0.15, -0.1) is 24.0 Å². The van der Waals surface area contributed by atoms with Gasteiger partial charge in [-0.1, -0.05) is 12.1 Å². The van der Waals surface area contributed by atoms with E-state index in [1.165, 1.54) is 6.07 Å². The van der Waals surface area contributed by atoms with E-state index in [-0.39, 0.29) is 36.6 Å². The van der Waals surface area contributed by atoms with Crippen LogP contribution in [0.4, 0.5) is 13.2 Å². The zero-order valence-electron chi connectivity index (χ0n) is 15.8. The fourth-order valence-electron chi connectivity index (χ4n) is 2.45. The normalized spacial score (nSPS) is 13.0. The number of methoxy groups -OCH3 is 1. The first kappa shape index (κ1) is 24.3. The Morgan fingerprint density at radius 1 is 1.25 bits per heavy atom. The van der Waals surface area contributed by atoms with Crippen molar-refractivity contribution in [3.63, 3.8) is 0 Å². The molecule has 0 aliphatic heterocycles. The molecule has 0 amide bonds. The monoisotopic (exact) mass is 511 g/mol. The molecule has 2 N–H and O–H groups in total. The van der Waals surface area contributed by atoms with Gasteiger partial charge in [-0.2, -0.15) is 13.2 Å². The van der Waals surface area contributed by atoms with Crippen molar-refractivity contribution in [3.8, 4) is 0 Å². The molecule has 1 aromatic carbocycles. The summed E-state index contributed by atoms with van der Waals surface area (Å²) in [6.45, 7) is 3.10. The standard InChI is InChI=1S/C19H24F3N3O2.HI/c1-14(13-26-2)25-18(23-9-8-17-7-4-10-27-17)24-12-15-5-3-6-16(11-15)19(20,21)22;/h3-7,10-11,14H,8-9,12-13H2,1-2H3,(H2,23,24,25);1H.